The number of rotatable bonds is 5. The van der Waals surface area contributed by atoms with Crippen LogP contribution in [0.4, 0.5) is 0 Å². The van der Waals surface area contributed by atoms with E-state index in [4.69, 9.17) is 4.42 Å². The lowest BCUT2D eigenvalue weighted by Gasteiger charge is -2.13. The van der Waals surface area contributed by atoms with Gasteiger partial charge in [0.25, 0.3) is 0 Å². The van der Waals surface area contributed by atoms with E-state index < -0.39 is 5.63 Å². The van der Waals surface area contributed by atoms with E-state index in [9.17, 15) is 9.59 Å². The Hall–Kier alpha value is -2.89. The van der Waals surface area contributed by atoms with Gasteiger partial charge in [-0.05, 0) is 44.0 Å². The van der Waals surface area contributed by atoms with E-state index in [-0.39, 0.29) is 18.4 Å². The van der Waals surface area contributed by atoms with Gasteiger partial charge in [0.2, 0.25) is 5.91 Å². The van der Waals surface area contributed by atoms with Crippen molar-refractivity contribution in [3.63, 3.8) is 0 Å². The number of hydrogen-bond donors (Lipinski definition) is 2. The molecule has 1 aromatic carbocycles. The SMILES string of the molecule is Cc1ccc2c(CC(=O)NC(C)Cc3cc(C)[nH]n3)cc(=O)oc2c1. The molecule has 1 amide bonds. The van der Waals surface area contributed by atoms with Crippen molar-refractivity contribution in [1.82, 2.24) is 15.5 Å². The summed E-state index contributed by atoms with van der Waals surface area (Å²) in [4.78, 5) is 24.1. The van der Waals surface area contributed by atoms with E-state index >= 15 is 0 Å². The second-order valence-corrected chi connectivity index (χ2v) is 6.48. The summed E-state index contributed by atoms with van der Waals surface area (Å²) in [6.07, 6.45) is 0.780. The molecular weight excluding hydrogens is 318 g/mol. The Balaban J connectivity index is 1.72. The van der Waals surface area contributed by atoms with Gasteiger partial charge in [-0.1, -0.05) is 12.1 Å². The molecule has 2 N–H and O–H groups in total. The average molecular weight is 339 g/mol. The Labute approximate surface area is 145 Å². The number of nitrogens with zero attached hydrogens (tertiary/aromatic N) is 1. The van der Waals surface area contributed by atoms with Gasteiger partial charge >= 0.3 is 5.63 Å². The number of hydrogen-bond acceptors (Lipinski definition) is 4. The Bertz CT molecular complexity index is 971. The Morgan fingerprint density at radius 1 is 1.28 bits per heavy atom. The van der Waals surface area contributed by atoms with Gasteiger partial charge in [0.15, 0.2) is 0 Å². The minimum absolute atomic E-state index is 0.0520. The van der Waals surface area contributed by atoms with Crippen LogP contribution in [-0.4, -0.2) is 22.1 Å². The zero-order valence-electron chi connectivity index (χ0n) is 14.6. The maximum absolute atomic E-state index is 12.4. The van der Waals surface area contributed by atoms with Gasteiger partial charge in [-0.25, -0.2) is 4.79 Å². The standard InChI is InChI=1S/C19H21N3O3/c1-11-4-5-16-14(10-19(24)25-17(16)6-11)9-18(23)20-12(2)7-15-8-13(3)21-22-15/h4-6,8,10,12H,7,9H2,1-3H3,(H,20,23)(H,21,22). The molecule has 0 bridgehead atoms. The third-order valence-electron chi connectivity index (χ3n) is 4.02. The van der Waals surface area contributed by atoms with Gasteiger partial charge in [-0.2, -0.15) is 5.10 Å². The van der Waals surface area contributed by atoms with Crippen molar-refractivity contribution in [3.8, 4) is 0 Å². The number of nitrogens with one attached hydrogen (secondary N) is 2. The molecule has 0 saturated heterocycles. The Morgan fingerprint density at radius 3 is 2.80 bits per heavy atom. The number of fused-ring (bicyclic) bond motifs is 1. The Morgan fingerprint density at radius 2 is 2.08 bits per heavy atom. The number of aromatic amines is 1. The van der Waals surface area contributed by atoms with Gasteiger partial charge in [-0.3, -0.25) is 9.89 Å². The summed E-state index contributed by atoms with van der Waals surface area (Å²) >= 11 is 0. The second kappa shape index (κ2) is 6.93. The molecule has 0 aliphatic heterocycles. The second-order valence-electron chi connectivity index (χ2n) is 6.48. The first-order valence-corrected chi connectivity index (χ1v) is 8.24. The van der Waals surface area contributed by atoms with Crippen molar-refractivity contribution < 1.29 is 9.21 Å². The molecule has 2 aromatic heterocycles. The monoisotopic (exact) mass is 339 g/mol. The molecule has 3 rings (SSSR count). The van der Waals surface area contributed by atoms with Crippen LogP contribution >= 0.6 is 0 Å². The molecule has 3 aromatic rings. The van der Waals surface area contributed by atoms with Gasteiger partial charge in [0, 0.05) is 29.6 Å². The third kappa shape index (κ3) is 4.15. The van der Waals surface area contributed by atoms with E-state index in [1.54, 1.807) is 6.07 Å². The van der Waals surface area contributed by atoms with Crippen molar-refractivity contribution in [2.45, 2.75) is 39.7 Å². The number of benzene rings is 1. The van der Waals surface area contributed by atoms with Crippen LogP contribution in [-0.2, 0) is 17.6 Å². The highest BCUT2D eigenvalue weighted by molar-refractivity contribution is 5.87. The minimum Gasteiger partial charge on any atom is -0.423 e. The van der Waals surface area contributed by atoms with E-state index in [0.29, 0.717) is 17.6 Å². The van der Waals surface area contributed by atoms with Gasteiger partial charge in [0.05, 0.1) is 12.1 Å². The molecule has 6 heteroatoms. The summed E-state index contributed by atoms with van der Waals surface area (Å²) in [5.41, 5.74) is 3.64. The van der Waals surface area contributed by atoms with Gasteiger partial charge < -0.3 is 9.73 Å². The maximum atomic E-state index is 12.4. The van der Waals surface area contributed by atoms with Crippen LogP contribution in [0, 0.1) is 13.8 Å². The largest absolute Gasteiger partial charge is 0.423 e. The molecule has 0 saturated carbocycles. The molecule has 130 valence electrons. The van der Waals surface area contributed by atoms with E-state index in [1.165, 1.54) is 6.07 Å². The van der Waals surface area contributed by atoms with Crippen LogP contribution < -0.4 is 10.9 Å². The number of amides is 1. The first-order chi connectivity index (χ1) is 11.9. The van der Waals surface area contributed by atoms with Crippen molar-refractivity contribution >= 4 is 16.9 Å². The zero-order valence-corrected chi connectivity index (χ0v) is 14.6. The highest BCUT2D eigenvalue weighted by Crippen LogP contribution is 2.19. The molecule has 0 spiro atoms. The quantitative estimate of drug-likeness (QED) is 0.699. The lowest BCUT2D eigenvalue weighted by molar-refractivity contribution is -0.121. The molecule has 0 fully saturated rings. The maximum Gasteiger partial charge on any atom is 0.336 e. The number of aryl methyl sites for hydroxylation is 2. The first kappa shape index (κ1) is 17.0. The molecule has 0 aliphatic carbocycles. The third-order valence-corrected chi connectivity index (χ3v) is 4.02. The summed E-state index contributed by atoms with van der Waals surface area (Å²) in [6, 6.07) is 8.92. The van der Waals surface area contributed by atoms with E-state index in [1.807, 2.05) is 39.0 Å². The van der Waals surface area contributed by atoms with Crippen LogP contribution in [0.25, 0.3) is 11.0 Å². The van der Waals surface area contributed by atoms with Crippen molar-refractivity contribution in [1.29, 1.82) is 0 Å². The number of carbonyl (C=O) groups is 1. The van der Waals surface area contributed by atoms with Crippen molar-refractivity contribution in [2.24, 2.45) is 0 Å². The van der Waals surface area contributed by atoms with Crippen LogP contribution in [0.2, 0.25) is 0 Å². The van der Waals surface area contributed by atoms with Crippen LogP contribution in [0.1, 0.15) is 29.4 Å². The molecule has 0 aliphatic rings. The first-order valence-electron chi connectivity index (χ1n) is 8.24. The number of H-pyrrole nitrogens is 1. The Kier molecular flexibility index (Phi) is 4.70. The summed E-state index contributed by atoms with van der Waals surface area (Å²) in [6.45, 7) is 5.80. The van der Waals surface area contributed by atoms with Crippen molar-refractivity contribution in [2.75, 3.05) is 0 Å². The normalized spacial score (nSPS) is 12.3. The van der Waals surface area contributed by atoms with E-state index in [0.717, 1.165) is 22.3 Å². The zero-order chi connectivity index (χ0) is 18.0. The summed E-state index contributed by atoms with van der Waals surface area (Å²) in [5.74, 6) is -0.132. The molecule has 25 heavy (non-hydrogen) atoms. The molecule has 2 heterocycles. The fourth-order valence-electron chi connectivity index (χ4n) is 2.93. The molecule has 1 unspecified atom stereocenters. The minimum atomic E-state index is -0.444. The lowest BCUT2D eigenvalue weighted by atomic mass is 10.0. The molecule has 0 radical (unpaired) electrons. The number of aromatic nitrogens is 2. The highest BCUT2D eigenvalue weighted by atomic mass is 16.4. The van der Waals surface area contributed by atoms with Crippen LogP contribution in [0.3, 0.4) is 0 Å². The predicted octanol–water partition coefficient (Wildman–Crippen LogP) is 2.42. The molecular formula is C19H21N3O3. The summed E-state index contributed by atoms with van der Waals surface area (Å²) in [7, 11) is 0. The van der Waals surface area contributed by atoms with Gasteiger partial charge in [0.1, 0.15) is 5.58 Å². The molecule has 6 nitrogen and oxygen atoms in total. The van der Waals surface area contributed by atoms with Crippen LogP contribution in [0.15, 0.2) is 39.5 Å². The van der Waals surface area contributed by atoms with E-state index in [2.05, 4.69) is 15.5 Å². The smallest absolute Gasteiger partial charge is 0.336 e. The highest BCUT2D eigenvalue weighted by Gasteiger charge is 2.13. The summed E-state index contributed by atoms with van der Waals surface area (Å²) < 4.78 is 5.23. The molecule has 1 atom stereocenters. The topological polar surface area (TPSA) is 88.0 Å². The fourth-order valence-corrected chi connectivity index (χ4v) is 2.93. The van der Waals surface area contributed by atoms with Crippen molar-refractivity contribution in [3.05, 3.63) is 63.3 Å². The lowest BCUT2D eigenvalue weighted by Crippen LogP contribution is -2.35. The number of carbonyl (C=O) groups excluding carboxylic acids is 1. The summed E-state index contributed by atoms with van der Waals surface area (Å²) in [5, 5.41) is 10.8. The predicted molar refractivity (Wildman–Crippen MR) is 95.6 cm³/mol. The van der Waals surface area contributed by atoms with Crippen LogP contribution in [0.5, 0.6) is 0 Å². The fraction of sp³-hybridized carbons (Fsp3) is 0.316. The van der Waals surface area contributed by atoms with Gasteiger partial charge in [-0.15, -0.1) is 0 Å². The average Bonchev–Trinajstić information content (AvgIpc) is 2.91.